The Bertz CT molecular complexity index is 342. The van der Waals surface area contributed by atoms with Gasteiger partial charge in [-0.1, -0.05) is 25.7 Å². The van der Waals surface area contributed by atoms with Crippen LogP contribution in [0.2, 0.25) is 0 Å². The average Bonchev–Trinajstić information content (AvgIpc) is 3.16. The lowest BCUT2D eigenvalue weighted by molar-refractivity contribution is -0.162. The van der Waals surface area contributed by atoms with Gasteiger partial charge in [0.2, 0.25) is 0 Å². The molecular weight excluding hydrogens is 272 g/mol. The maximum absolute atomic E-state index is 12.0. The van der Waals surface area contributed by atoms with Gasteiger partial charge in [0, 0.05) is 0 Å². The Balaban J connectivity index is 1.95. The molecule has 0 saturated heterocycles. The molecule has 0 amide bonds. The number of hydrogen-bond donors (Lipinski definition) is 0. The summed E-state index contributed by atoms with van der Waals surface area (Å²) in [6, 6.07) is 0. The van der Waals surface area contributed by atoms with Crippen molar-refractivity contribution < 1.29 is 23.8 Å². The maximum atomic E-state index is 12.0. The molecule has 0 bridgehead atoms. The third kappa shape index (κ3) is 3.23. The van der Waals surface area contributed by atoms with Gasteiger partial charge in [-0.05, 0) is 25.7 Å². The number of hydrogen-bond acceptors (Lipinski definition) is 5. The third-order valence-electron chi connectivity index (χ3n) is 5.11. The molecule has 2 rings (SSSR count). The third-order valence-corrected chi connectivity index (χ3v) is 5.11. The highest BCUT2D eigenvalue weighted by Gasteiger charge is 2.46. The summed E-state index contributed by atoms with van der Waals surface area (Å²) in [5.41, 5.74) is -1.02. The summed E-state index contributed by atoms with van der Waals surface area (Å²) in [5, 5.41) is 0. The van der Waals surface area contributed by atoms with Crippen LogP contribution >= 0.6 is 0 Å². The van der Waals surface area contributed by atoms with E-state index in [0.717, 1.165) is 51.4 Å². The van der Waals surface area contributed by atoms with E-state index >= 15 is 0 Å². The van der Waals surface area contributed by atoms with Crippen molar-refractivity contribution in [3.63, 3.8) is 0 Å². The maximum Gasteiger partial charge on any atom is 0.314 e. The molecule has 2 aliphatic carbocycles. The van der Waals surface area contributed by atoms with E-state index in [4.69, 9.17) is 14.2 Å². The molecule has 0 spiro atoms. The van der Waals surface area contributed by atoms with Crippen molar-refractivity contribution in [2.75, 3.05) is 27.4 Å². The zero-order valence-electron chi connectivity index (χ0n) is 13.1. The van der Waals surface area contributed by atoms with E-state index in [9.17, 15) is 9.59 Å². The summed E-state index contributed by atoms with van der Waals surface area (Å²) >= 11 is 0. The predicted octanol–water partition coefficient (Wildman–Crippen LogP) is 2.47. The number of carbonyl (C=O) groups is 2. The number of methoxy groups -OCH3 is 2. The number of esters is 2. The summed E-state index contributed by atoms with van der Waals surface area (Å²) in [7, 11) is 2.85. The minimum atomic E-state index is -0.509. The van der Waals surface area contributed by atoms with Crippen LogP contribution in [0.4, 0.5) is 0 Å². The minimum absolute atomic E-state index is 0.182. The van der Waals surface area contributed by atoms with E-state index in [1.54, 1.807) is 0 Å². The van der Waals surface area contributed by atoms with Crippen LogP contribution in [0.3, 0.4) is 0 Å². The summed E-state index contributed by atoms with van der Waals surface area (Å²) in [6.07, 6.45) is 7.36. The Morgan fingerprint density at radius 2 is 1.10 bits per heavy atom. The first-order valence-electron chi connectivity index (χ1n) is 7.83. The Morgan fingerprint density at radius 3 is 1.38 bits per heavy atom. The second-order valence-electron chi connectivity index (χ2n) is 6.45. The van der Waals surface area contributed by atoms with Crippen LogP contribution in [-0.4, -0.2) is 39.4 Å². The first kappa shape index (κ1) is 16.3. The van der Waals surface area contributed by atoms with Crippen LogP contribution in [-0.2, 0) is 23.8 Å². The van der Waals surface area contributed by atoms with Gasteiger partial charge in [0.1, 0.15) is 0 Å². The van der Waals surface area contributed by atoms with E-state index in [-0.39, 0.29) is 11.9 Å². The summed E-state index contributed by atoms with van der Waals surface area (Å²) in [5.74, 6) is -0.364. The average molecular weight is 298 g/mol. The van der Waals surface area contributed by atoms with Crippen LogP contribution in [0.1, 0.15) is 51.4 Å². The Hall–Kier alpha value is -1.10. The van der Waals surface area contributed by atoms with Crippen molar-refractivity contribution >= 4 is 11.9 Å². The highest BCUT2D eigenvalue weighted by atomic mass is 16.5. The molecule has 0 aliphatic heterocycles. The Morgan fingerprint density at radius 1 is 0.762 bits per heavy atom. The molecule has 2 aliphatic rings. The topological polar surface area (TPSA) is 61.8 Å². The van der Waals surface area contributed by atoms with Gasteiger partial charge in [0.15, 0.2) is 0 Å². The monoisotopic (exact) mass is 298 g/mol. The first-order chi connectivity index (χ1) is 10.1. The van der Waals surface area contributed by atoms with Crippen molar-refractivity contribution in [3.05, 3.63) is 0 Å². The molecule has 0 radical (unpaired) electrons. The van der Waals surface area contributed by atoms with E-state index in [1.165, 1.54) is 14.2 Å². The fourth-order valence-electron chi connectivity index (χ4n) is 3.79. The molecule has 5 heteroatoms. The van der Waals surface area contributed by atoms with Crippen LogP contribution in [0.15, 0.2) is 0 Å². The van der Waals surface area contributed by atoms with E-state index < -0.39 is 10.8 Å². The summed E-state index contributed by atoms with van der Waals surface area (Å²) in [6.45, 7) is 0.691. The molecule has 0 aromatic heterocycles. The molecule has 0 heterocycles. The lowest BCUT2D eigenvalue weighted by atomic mass is 9.85. The summed E-state index contributed by atoms with van der Waals surface area (Å²) in [4.78, 5) is 24.1. The summed E-state index contributed by atoms with van der Waals surface area (Å²) < 4.78 is 15.7. The van der Waals surface area contributed by atoms with E-state index in [1.807, 2.05) is 0 Å². The van der Waals surface area contributed by atoms with Crippen molar-refractivity contribution in [1.82, 2.24) is 0 Å². The van der Waals surface area contributed by atoms with Gasteiger partial charge in [-0.15, -0.1) is 0 Å². The van der Waals surface area contributed by atoms with Crippen LogP contribution in [0.25, 0.3) is 0 Å². The second kappa shape index (κ2) is 6.77. The van der Waals surface area contributed by atoms with Gasteiger partial charge in [-0.25, -0.2) is 0 Å². The largest absolute Gasteiger partial charge is 0.469 e. The van der Waals surface area contributed by atoms with Gasteiger partial charge in [-0.3, -0.25) is 9.59 Å². The van der Waals surface area contributed by atoms with Crippen LogP contribution in [0, 0.1) is 10.8 Å². The number of rotatable bonds is 6. The van der Waals surface area contributed by atoms with Crippen molar-refractivity contribution in [3.8, 4) is 0 Å². The molecule has 0 aromatic carbocycles. The van der Waals surface area contributed by atoms with Crippen molar-refractivity contribution in [2.24, 2.45) is 10.8 Å². The number of ether oxygens (including phenoxy) is 3. The molecule has 5 nitrogen and oxygen atoms in total. The highest BCUT2D eigenvalue weighted by Crippen LogP contribution is 2.42. The SMILES string of the molecule is COC(=O)C1(COCC2(C(=O)OC)CCCC2)CCCC1. The first-order valence-corrected chi connectivity index (χ1v) is 7.83. The second-order valence-corrected chi connectivity index (χ2v) is 6.45. The van der Waals surface area contributed by atoms with Gasteiger partial charge < -0.3 is 14.2 Å². The smallest absolute Gasteiger partial charge is 0.314 e. The van der Waals surface area contributed by atoms with E-state index in [0.29, 0.717) is 13.2 Å². The number of carbonyl (C=O) groups excluding carboxylic acids is 2. The molecule has 2 saturated carbocycles. The lowest BCUT2D eigenvalue weighted by Gasteiger charge is -2.30. The van der Waals surface area contributed by atoms with Gasteiger partial charge in [0.25, 0.3) is 0 Å². The quantitative estimate of drug-likeness (QED) is 0.705. The Kier molecular flexibility index (Phi) is 5.25. The highest BCUT2D eigenvalue weighted by molar-refractivity contribution is 5.78. The molecule has 120 valence electrons. The van der Waals surface area contributed by atoms with Gasteiger partial charge >= 0.3 is 11.9 Å². The standard InChI is InChI=1S/C16H26O5/c1-19-13(17)15(7-3-4-8-15)11-21-12-16(14(18)20-2)9-5-6-10-16/h3-12H2,1-2H3. The van der Waals surface area contributed by atoms with Crippen LogP contribution < -0.4 is 0 Å². The molecule has 0 aromatic rings. The normalized spacial score (nSPS) is 23.0. The van der Waals surface area contributed by atoms with Gasteiger partial charge in [-0.2, -0.15) is 0 Å². The van der Waals surface area contributed by atoms with Gasteiger partial charge in [0.05, 0.1) is 38.3 Å². The molecular formula is C16H26O5. The fourth-order valence-corrected chi connectivity index (χ4v) is 3.79. The molecule has 21 heavy (non-hydrogen) atoms. The molecule has 0 unspecified atom stereocenters. The molecule has 2 fully saturated rings. The van der Waals surface area contributed by atoms with Crippen molar-refractivity contribution in [2.45, 2.75) is 51.4 Å². The zero-order chi connectivity index (χ0) is 15.3. The van der Waals surface area contributed by atoms with E-state index in [2.05, 4.69) is 0 Å². The predicted molar refractivity (Wildman–Crippen MR) is 76.7 cm³/mol. The molecule has 0 N–H and O–H groups in total. The minimum Gasteiger partial charge on any atom is -0.469 e. The fraction of sp³-hybridized carbons (Fsp3) is 0.875. The van der Waals surface area contributed by atoms with Crippen molar-refractivity contribution in [1.29, 1.82) is 0 Å². The zero-order valence-corrected chi connectivity index (χ0v) is 13.1. The molecule has 0 atom stereocenters. The Labute approximate surface area is 126 Å². The lowest BCUT2D eigenvalue weighted by Crippen LogP contribution is -2.39. The van der Waals surface area contributed by atoms with Crippen LogP contribution in [0.5, 0.6) is 0 Å².